The molecule has 1 spiro atoms. The van der Waals surface area contributed by atoms with Crippen LogP contribution in [0.3, 0.4) is 0 Å². The minimum Gasteiger partial charge on any atom is -0.370 e. The van der Waals surface area contributed by atoms with Gasteiger partial charge in [0.15, 0.2) is 0 Å². The number of hydrogen-bond acceptors (Lipinski definition) is 3. The summed E-state index contributed by atoms with van der Waals surface area (Å²) >= 11 is 0. The Kier molecular flexibility index (Phi) is 7.88. The third kappa shape index (κ3) is 4.75. The lowest BCUT2D eigenvalue weighted by atomic mass is 9.47. The van der Waals surface area contributed by atoms with Gasteiger partial charge in [-0.1, -0.05) is 99.6 Å². The van der Waals surface area contributed by atoms with Gasteiger partial charge >= 0.3 is 0 Å². The molecule has 1 aromatic carbocycles. The van der Waals surface area contributed by atoms with Crippen molar-refractivity contribution < 1.29 is 4.74 Å². The molecule has 47 heavy (non-hydrogen) atoms. The first-order chi connectivity index (χ1) is 23.3. The van der Waals surface area contributed by atoms with Gasteiger partial charge in [0.1, 0.15) is 0 Å². The molecule has 3 nitrogen and oxygen atoms in total. The van der Waals surface area contributed by atoms with Gasteiger partial charge in [0.2, 0.25) is 0 Å². The molecule has 9 aliphatic rings. The van der Waals surface area contributed by atoms with Crippen LogP contribution in [0, 0.1) is 40.9 Å². The molecule has 12 atom stereocenters. The molecule has 0 aromatic heterocycles. The van der Waals surface area contributed by atoms with E-state index < -0.39 is 0 Å². The molecule has 6 fully saturated rings. The van der Waals surface area contributed by atoms with Crippen molar-refractivity contribution in [3.05, 3.63) is 65.8 Å². The molecule has 2 aliphatic heterocycles. The second-order valence-electron chi connectivity index (χ2n) is 17.6. The van der Waals surface area contributed by atoms with E-state index in [0.717, 1.165) is 41.5 Å². The highest BCUT2D eigenvalue weighted by Crippen LogP contribution is 2.72. The zero-order valence-corrected chi connectivity index (χ0v) is 28.9. The molecular weight excluding hydrogens is 572 g/mol. The number of rotatable bonds is 3. The first kappa shape index (κ1) is 30.2. The average Bonchev–Trinajstić information content (AvgIpc) is 3.67. The summed E-state index contributed by atoms with van der Waals surface area (Å²) in [5.41, 5.74) is 5.01. The van der Waals surface area contributed by atoms with Crippen LogP contribution in [0.25, 0.3) is 5.57 Å². The van der Waals surface area contributed by atoms with Crippen LogP contribution in [-0.4, -0.2) is 35.2 Å². The standard InChI is InChI=1S/C44H60N2O/c1-2-12-32(13-3-1)46-40-20-10-9-19-39(40)45-43(46)30-24-22-29(23-25-30)31-26-27-38-42(28-31)47-41-21-11-8-18-37(41)44(38)35-16-6-4-14-33(35)34-15-5-7-17-36(34)44/h4,9,14,19,22-25,28,32-43,45H,1-3,5-8,10-13,15-18,20-21,26-27H2. The first-order valence-electron chi connectivity index (χ1n) is 20.6. The molecule has 3 heteroatoms. The number of hydrogen-bond donors (Lipinski definition) is 1. The highest BCUT2D eigenvalue weighted by molar-refractivity contribution is 5.67. The highest BCUT2D eigenvalue weighted by Gasteiger charge is 2.69. The van der Waals surface area contributed by atoms with Crippen molar-refractivity contribution in [2.75, 3.05) is 0 Å². The fourth-order valence-electron chi connectivity index (χ4n) is 14.4. The average molecular weight is 633 g/mol. The van der Waals surface area contributed by atoms with Gasteiger partial charge in [-0.15, -0.1) is 0 Å². The lowest BCUT2D eigenvalue weighted by Crippen LogP contribution is -2.61. The second-order valence-corrected chi connectivity index (χ2v) is 17.6. The Morgan fingerprint density at radius 3 is 2.34 bits per heavy atom. The number of ether oxygens (including phenoxy) is 1. The van der Waals surface area contributed by atoms with Crippen LogP contribution in [0.5, 0.6) is 0 Å². The molecule has 1 N–H and O–H groups in total. The Balaban J connectivity index is 0.959. The topological polar surface area (TPSA) is 24.5 Å². The molecule has 7 aliphatic carbocycles. The van der Waals surface area contributed by atoms with Gasteiger partial charge in [-0.3, -0.25) is 10.2 Å². The number of benzene rings is 1. The van der Waals surface area contributed by atoms with Gasteiger partial charge in [-0.2, -0.15) is 0 Å². The number of fused-ring (bicyclic) bond motifs is 10. The second kappa shape index (κ2) is 12.3. The zero-order valence-electron chi connectivity index (χ0n) is 28.9. The van der Waals surface area contributed by atoms with Crippen LogP contribution < -0.4 is 5.32 Å². The van der Waals surface area contributed by atoms with Gasteiger partial charge in [0, 0.05) is 18.1 Å². The van der Waals surface area contributed by atoms with Crippen molar-refractivity contribution in [3.63, 3.8) is 0 Å². The van der Waals surface area contributed by atoms with Gasteiger partial charge in [0.25, 0.3) is 0 Å². The van der Waals surface area contributed by atoms with E-state index in [4.69, 9.17) is 4.74 Å². The summed E-state index contributed by atoms with van der Waals surface area (Å²) in [5.74, 6) is 5.17. The lowest BCUT2D eigenvalue weighted by Gasteiger charge is -2.62. The van der Waals surface area contributed by atoms with E-state index in [1.807, 2.05) is 0 Å². The Labute approximate surface area is 285 Å². The smallest absolute Gasteiger partial charge is 0.0871 e. The van der Waals surface area contributed by atoms with E-state index in [1.54, 1.807) is 5.57 Å². The molecule has 0 amide bonds. The number of allylic oxidation sites excluding steroid dienone is 4. The van der Waals surface area contributed by atoms with Gasteiger partial charge in [-0.05, 0) is 135 Å². The molecule has 0 radical (unpaired) electrons. The quantitative estimate of drug-likeness (QED) is 0.336. The van der Waals surface area contributed by atoms with Crippen molar-refractivity contribution in [1.82, 2.24) is 10.2 Å². The Morgan fingerprint density at radius 2 is 1.45 bits per heavy atom. The van der Waals surface area contributed by atoms with Crippen LogP contribution in [0.15, 0.2) is 54.6 Å². The molecule has 4 saturated carbocycles. The van der Waals surface area contributed by atoms with Crippen LogP contribution in [0.2, 0.25) is 0 Å². The maximum atomic E-state index is 7.32. The van der Waals surface area contributed by atoms with E-state index in [0.29, 0.717) is 35.9 Å². The number of nitrogens with zero attached hydrogens (tertiary/aromatic N) is 1. The summed E-state index contributed by atoms with van der Waals surface area (Å²) < 4.78 is 7.32. The van der Waals surface area contributed by atoms with Gasteiger partial charge < -0.3 is 4.74 Å². The normalized spacial score (nSPS) is 46.3. The van der Waals surface area contributed by atoms with E-state index >= 15 is 0 Å². The lowest BCUT2D eigenvalue weighted by molar-refractivity contribution is -0.221. The number of nitrogens with one attached hydrogen (secondary N) is 1. The summed E-state index contributed by atoms with van der Waals surface area (Å²) in [6.45, 7) is 0. The predicted molar refractivity (Wildman–Crippen MR) is 192 cm³/mol. The molecule has 2 saturated heterocycles. The van der Waals surface area contributed by atoms with Crippen LogP contribution in [-0.2, 0) is 4.74 Å². The first-order valence-corrected chi connectivity index (χ1v) is 20.6. The molecule has 12 unspecified atom stereocenters. The third-order valence-electron chi connectivity index (χ3n) is 15.9. The van der Waals surface area contributed by atoms with E-state index in [9.17, 15) is 0 Å². The predicted octanol–water partition coefficient (Wildman–Crippen LogP) is 10.2. The molecule has 2 heterocycles. The summed E-state index contributed by atoms with van der Waals surface area (Å²) in [6.07, 6.45) is 40.4. The van der Waals surface area contributed by atoms with E-state index in [1.165, 1.54) is 133 Å². The molecule has 1 aromatic rings. The molecular formula is C44H60N2O. The minimum absolute atomic E-state index is 0.318. The van der Waals surface area contributed by atoms with Crippen LogP contribution >= 0.6 is 0 Å². The van der Waals surface area contributed by atoms with Crippen molar-refractivity contribution >= 4 is 5.57 Å². The SMILES string of the molecule is C1=CC2NC(c3ccc(C4=CC5OC6CCCCC6C6(C5CC4)C4CCC=CC4C4CCCCC46)cc3)N(C3CCCCC3)C2CC1. The summed E-state index contributed by atoms with van der Waals surface area (Å²) in [5, 5.41) is 4.09. The monoisotopic (exact) mass is 632 g/mol. The van der Waals surface area contributed by atoms with Gasteiger partial charge in [-0.25, -0.2) is 0 Å². The molecule has 0 bridgehead atoms. The van der Waals surface area contributed by atoms with Crippen molar-refractivity contribution in [3.8, 4) is 0 Å². The van der Waals surface area contributed by atoms with Gasteiger partial charge in [0.05, 0.1) is 18.4 Å². The third-order valence-corrected chi connectivity index (χ3v) is 15.9. The highest BCUT2D eigenvalue weighted by atomic mass is 16.5. The maximum Gasteiger partial charge on any atom is 0.0871 e. The minimum atomic E-state index is 0.318. The molecule has 10 rings (SSSR count). The van der Waals surface area contributed by atoms with E-state index in [-0.39, 0.29) is 0 Å². The van der Waals surface area contributed by atoms with Crippen molar-refractivity contribution in [2.45, 2.75) is 158 Å². The van der Waals surface area contributed by atoms with Crippen LogP contribution in [0.4, 0.5) is 0 Å². The Hall–Kier alpha value is -1.68. The van der Waals surface area contributed by atoms with Crippen molar-refractivity contribution in [1.29, 1.82) is 0 Å². The fraction of sp³-hybridized carbons (Fsp3) is 0.727. The van der Waals surface area contributed by atoms with E-state index in [2.05, 4.69) is 64.9 Å². The Bertz CT molecular complexity index is 1390. The maximum absolute atomic E-state index is 7.32. The Morgan fingerprint density at radius 1 is 0.681 bits per heavy atom. The largest absolute Gasteiger partial charge is 0.370 e. The zero-order chi connectivity index (χ0) is 31.0. The summed E-state index contributed by atoms with van der Waals surface area (Å²) in [6, 6.07) is 11.8. The fourth-order valence-corrected chi connectivity index (χ4v) is 14.4. The summed E-state index contributed by atoms with van der Waals surface area (Å²) in [7, 11) is 0. The van der Waals surface area contributed by atoms with Crippen LogP contribution in [0.1, 0.15) is 139 Å². The van der Waals surface area contributed by atoms with Crippen molar-refractivity contribution in [2.24, 2.45) is 40.9 Å². The molecule has 252 valence electrons. The summed E-state index contributed by atoms with van der Waals surface area (Å²) in [4.78, 5) is 2.93.